The van der Waals surface area contributed by atoms with Crippen LogP contribution in [0.15, 0.2) is 97.1 Å². The minimum absolute atomic E-state index is 0.0860. The third-order valence-electron chi connectivity index (χ3n) is 5.30. The zero-order valence-corrected chi connectivity index (χ0v) is 17.0. The first-order chi connectivity index (χ1) is 15.3. The highest BCUT2D eigenvalue weighted by Gasteiger charge is 2.16. The Kier molecular flexibility index (Phi) is 5.07. The number of aromatic nitrogens is 2. The summed E-state index contributed by atoms with van der Waals surface area (Å²) in [7, 11) is 0. The number of para-hydroxylation sites is 1. The van der Waals surface area contributed by atoms with Gasteiger partial charge in [0.15, 0.2) is 0 Å². The molecule has 0 saturated carbocycles. The van der Waals surface area contributed by atoms with Crippen LogP contribution in [0.4, 0.5) is 11.5 Å². The summed E-state index contributed by atoms with van der Waals surface area (Å²) in [5.41, 5.74) is 2.89. The van der Waals surface area contributed by atoms with E-state index < -0.39 is 0 Å². The highest BCUT2D eigenvalue weighted by molar-refractivity contribution is 6.09. The Balaban J connectivity index is 1.50. The molecule has 0 spiro atoms. The molecule has 0 saturated heterocycles. The Morgan fingerprint density at radius 1 is 0.774 bits per heavy atom. The second-order valence-electron chi connectivity index (χ2n) is 7.44. The molecule has 0 fully saturated rings. The molecular weight excluding hydrogens is 384 g/mol. The normalized spacial score (nSPS) is 11.0. The van der Waals surface area contributed by atoms with Crippen molar-refractivity contribution in [2.45, 2.75) is 13.1 Å². The molecule has 0 aliphatic carbocycles. The minimum atomic E-state index is -0.0860. The molecule has 5 nitrogen and oxygen atoms in total. The van der Waals surface area contributed by atoms with E-state index in [1.54, 1.807) is 4.68 Å². The van der Waals surface area contributed by atoms with Crippen LogP contribution in [-0.2, 0) is 17.9 Å². The molecule has 152 valence electrons. The lowest BCUT2D eigenvalue weighted by atomic mass is 10.1. The molecule has 4 aromatic carbocycles. The third kappa shape index (κ3) is 3.98. The average Bonchev–Trinajstić information content (AvgIpc) is 3.16. The summed E-state index contributed by atoms with van der Waals surface area (Å²) in [4.78, 5) is 12.7. The van der Waals surface area contributed by atoms with Crippen LogP contribution in [0.2, 0.25) is 0 Å². The summed E-state index contributed by atoms with van der Waals surface area (Å²) in [6, 6.07) is 32.2. The molecule has 1 heterocycles. The molecule has 31 heavy (non-hydrogen) atoms. The van der Waals surface area contributed by atoms with Gasteiger partial charge in [-0.25, -0.2) is 4.68 Å². The van der Waals surface area contributed by atoms with Crippen LogP contribution in [0.25, 0.3) is 21.7 Å². The second kappa shape index (κ2) is 8.32. The Morgan fingerprint density at radius 3 is 2.29 bits per heavy atom. The molecule has 1 amide bonds. The van der Waals surface area contributed by atoms with Gasteiger partial charge in [0.25, 0.3) is 0 Å². The van der Waals surface area contributed by atoms with Crippen LogP contribution < -0.4 is 10.6 Å². The molecule has 0 bridgehead atoms. The molecule has 1 aromatic heterocycles. The number of fused-ring (bicyclic) bond motifs is 3. The highest BCUT2D eigenvalue weighted by Crippen LogP contribution is 2.31. The van der Waals surface area contributed by atoms with Gasteiger partial charge in [0.05, 0.1) is 0 Å². The number of anilines is 2. The smallest absolute Gasteiger partial charge is 0.242 e. The van der Waals surface area contributed by atoms with Crippen molar-refractivity contribution in [2.75, 3.05) is 5.32 Å². The van der Waals surface area contributed by atoms with E-state index in [9.17, 15) is 4.79 Å². The summed E-state index contributed by atoms with van der Waals surface area (Å²) in [6.45, 7) is 0.621. The molecule has 2 N–H and O–H groups in total. The van der Waals surface area contributed by atoms with E-state index in [0.717, 1.165) is 38.7 Å². The number of carbonyl (C=O) groups excluding carboxylic acids is 1. The maximum atomic E-state index is 12.7. The predicted octanol–water partition coefficient (Wildman–Crippen LogP) is 5.25. The maximum absolute atomic E-state index is 12.7. The molecule has 0 unspecified atom stereocenters. The summed E-state index contributed by atoms with van der Waals surface area (Å²) >= 11 is 0. The summed E-state index contributed by atoms with van der Waals surface area (Å²) in [6.07, 6.45) is 0. The molecule has 5 rings (SSSR count). The molecule has 0 atom stereocenters. The molecule has 0 radical (unpaired) electrons. The molecule has 5 heteroatoms. The standard InChI is InChI=1S/C26H22N4O/c31-24(27-17-19-9-3-1-4-10-19)18-30-26(28-21-12-5-2-6-13-21)23-16-15-20-11-7-8-14-22(20)25(23)29-30/h1-16,28H,17-18H2,(H,27,31). The molecular formula is C26H22N4O. The quantitative estimate of drug-likeness (QED) is 0.405. The summed E-state index contributed by atoms with van der Waals surface area (Å²) < 4.78 is 1.75. The first-order valence-electron chi connectivity index (χ1n) is 10.3. The lowest BCUT2D eigenvalue weighted by Gasteiger charge is -2.11. The van der Waals surface area contributed by atoms with Gasteiger partial charge < -0.3 is 10.6 Å². The maximum Gasteiger partial charge on any atom is 0.242 e. The summed E-state index contributed by atoms with van der Waals surface area (Å²) in [5.74, 6) is 0.721. The van der Waals surface area contributed by atoms with Crippen LogP contribution in [0.5, 0.6) is 0 Å². The average molecular weight is 406 g/mol. The van der Waals surface area contributed by atoms with Gasteiger partial charge >= 0.3 is 0 Å². The largest absolute Gasteiger partial charge is 0.350 e. The van der Waals surface area contributed by atoms with Gasteiger partial charge in [-0.2, -0.15) is 5.10 Å². The van der Waals surface area contributed by atoms with Crippen molar-refractivity contribution < 1.29 is 4.79 Å². The Bertz CT molecular complexity index is 1340. The topological polar surface area (TPSA) is 59.0 Å². The van der Waals surface area contributed by atoms with Crippen LogP contribution in [0.3, 0.4) is 0 Å². The van der Waals surface area contributed by atoms with Crippen molar-refractivity contribution in [1.82, 2.24) is 15.1 Å². The first-order valence-corrected chi connectivity index (χ1v) is 10.3. The van der Waals surface area contributed by atoms with E-state index in [4.69, 9.17) is 5.10 Å². The lowest BCUT2D eigenvalue weighted by Crippen LogP contribution is -2.27. The van der Waals surface area contributed by atoms with E-state index >= 15 is 0 Å². The second-order valence-corrected chi connectivity index (χ2v) is 7.44. The van der Waals surface area contributed by atoms with Crippen molar-refractivity contribution in [1.29, 1.82) is 0 Å². The van der Waals surface area contributed by atoms with Crippen LogP contribution in [-0.4, -0.2) is 15.7 Å². The Labute approximate surface area is 180 Å². The Morgan fingerprint density at radius 2 is 1.48 bits per heavy atom. The lowest BCUT2D eigenvalue weighted by molar-refractivity contribution is -0.121. The van der Waals surface area contributed by atoms with Gasteiger partial charge in [-0.1, -0.05) is 78.9 Å². The van der Waals surface area contributed by atoms with Crippen molar-refractivity contribution in [2.24, 2.45) is 0 Å². The van der Waals surface area contributed by atoms with E-state index in [2.05, 4.69) is 34.9 Å². The van der Waals surface area contributed by atoms with Crippen molar-refractivity contribution in [3.63, 3.8) is 0 Å². The van der Waals surface area contributed by atoms with Gasteiger partial charge in [0.1, 0.15) is 17.9 Å². The van der Waals surface area contributed by atoms with Crippen molar-refractivity contribution >= 4 is 39.1 Å². The number of rotatable bonds is 6. The fraction of sp³-hybridized carbons (Fsp3) is 0.0769. The predicted molar refractivity (Wildman–Crippen MR) is 125 cm³/mol. The van der Waals surface area contributed by atoms with Gasteiger partial charge in [-0.15, -0.1) is 0 Å². The van der Waals surface area contributed by atoms with Crippen LogP contribution in [0.1, 0.15) is 5.56 Å². The van der Waals surface area contributed by atoms with Gasteiger partial charge in [-0.05, 0) is 29.1 Å². The number of hydrogen-bond acceptors (Lipinski definition) is 3. The van der Waals surface area contributed by atoms with Gasteiger partial charge in [-0.3, -0.25) is 4.79 Å². The monoisotopic (exact) mass is 406 g/mol. The van der Waals surface area contributed by atoms with Crippen molar-refractivity contribution in [3.8, 4) is 0 Å². The van der Waals surface area contributed by atoms with Gasteiger partial charge in [0, 0.05) is 23.0 Å². The van der Waals surface area contributed by atoms with Crippen LogP contribution >= 0.6 is 0 Å². The number of hydrogen-bond donors (Lipinski definition) is 2. The number of benzene rings is 4. The van der Waals surface area contributed by atoms with Crippen LogP contribution in [0, 0.1) is 0 Å². The van der Waals surface area contributed by atoms with E-state index in [-0.39, 0.29) is 12.5 Å². The SMILES string of the molecule is O=C(Cn1nc2c(ccc3ccccc32)c1Nc1ccccc1)NCc1ccccc1. The third-order valence-corrected chi connectivity index (χ3v) is 5.30. The van der Waals surface area contributed by atoms with Crippen molar-refractivity contribution in [3.05, 3.63) is 103 Å². The Hall–Kier alpha value is -4.12. The number of amides is 1. The highest BCUT2D eigenvalue weighted by atomic mass is 16.2. The first kappa shape index (κ1) is 18.9. The number of nitrogens with zero attached hydrogens (tertiary/aromatic N) is 2. The summed E-state index contributed by atoms with van der Waals surface area (Å²) in [5, 5.41) is 14.5. The molecule has 0 aliphatic rings. The van der Waals surface area contributed by atoms with E-state index in [1.807, 2.05) is 72.8 Å². The zero-order chi connectivity index (χ0) is 21.0. The minimum Gasteiger partial charge on any atom is -0.350 e. The van der Waals surface area contributed by atoms with E-state index in [0.29, 0.717) is 6.54 Å². The zero-order valence-electron chi connectivity index (χ0n) is 17.0. The molecule has 0 aliphatic heterocycles. The van der Waals surface area contributed by atoms with E-state index in [1.165, 1.54) is 0 Å². The fourth-order valence-electron chi connectivity index (χ4n) is 3.76. The number of nitrogens with one attached hydrogen (secondary N) is 2. The van der Waals surface area contributed by atoms with Gasteiger partial charge in [0.2, 0.25) is 5.91 Å². The fourth-order valence-corrected chi connectivity index (χ4v) is 3.76. The molecule has 5 aromatic rings. The number of carbonyl (C=O) groups is 1.